The summed E-state index contributed by atoms with van der Waals surface area (Å²) in [6.07, 6.45) is -1.64. The predicted molar refractivity (Wildman–Crippen MR) is 115 cm³/mol. The van der Waals surface area contributed by atoms with Crippen LogP contribution >= 0.6 is 36.4 Å². The molecule has 1 amide bonds. The van der Waals surface area contributed by atoms with E-state index in [9.17, 15) is 18.0 Å². The lowest BCUT2D eigenvalue weighted by Crippen LogP contribution is -2.51. The van der Waals surface area contributed by atoms with E-state index in [0.29, 0.717) is 11.6 Å². The van der Waals surface area contributed by atoms with Crippen molar-refractivity contribution in [1.82, 2.24) is 19.7 Å². The minimum atomic E-state index is -4.63. The molecule has 1 fully saturated rings. The van der Waals surface area contributed by atoms with Crippen molar-refractivity contribution < 1.29 is 18.0 Å². The molecular formula is C19H23Cl3F3N5O. The molecule has 0 spiro atoms. The maximum atomic E-state index is 13.0. The van der Waals surface area contributed by atoms with Gasteiger partial charge in [0.15, 0.2) is 0 Å². The topological polar surface area (TPSA) is 77.0 Å². The Morgan fingerprint density at radius 3 is 2.42 bits per heavy atom. The number of carbonyl (C=O) groups excluding carboxylic acids is 1. The van der Waals surface area contributed by atoms with Crippen LogP contribution in [0.4, 0.5) is 13.2 Å². The first-order valence-electron chi connectivity index (χ1n) is 9.53. The largest absolute Gasteiger partial charge is 0.451 e. The maximum absolute atomic E-state index is 13.0. The number of fused-ring (bicyclic) bond motifs is 1. The van der Waals surface area contributed by atoms with Crippen molar-refractivity contribution in [2.75, 3.05) is 13.1 Å². The minimum absolute atomic E-state index is 0. The van der Waals surface area contributed by atoms with Gasteiger partial charge in [0.25, 0.3) is 5.91 Å². The van der Waals surface area contributed by atoms with Gasteiger partial charge in [-0.3, -0.25) is 9.36 Å². The second kappa shape index (κ2) is 9.52. The second-order valence-corrected chi connectivity index (χ2v) is 8.16. The molecule has 2 heterocycles. The quantitative estimate of drug-likeness (QED) is 0.689. The number of amides is 1. The van der Waals surface area contributed by atoms with Gasteiger partial charge in [-0.2, -0.15) is 13.2 Å². The summed E-state index contributed by atoms with van der Waals surface area (Å²) < 4.78 is 40.0. The highest BCUT2D eigenvalue weighted by Gasteiger charge is 2.44. The van der Waals surface area contributed by atoms with E-state index in [0.717, 1.165) is 35.8 Å². The number of aromatic nitrogens is 3. The second-order valence-electron chi connectivity index (χ2n) is 7.72. The highest BCUT2D eigenvalue weighted by atomic mass is 35.5. The van der Waals surface area contributed by atoms with Crippen LogP contribution in [0, 0.1) is 0 Å². The van der Waals surface area contributed by atoms with Gasteiger partial charge in [-0.15, -0.1) is 35.0 Å². The Morgan fingerprint density at radius 1 is 1.16 bits per heavy atom. The third-order valence-electron chi connectivity index (χ3n) is 6.20. The SMILES string of the molecule is Cl.Cl.NCC1(c2cccc(Cl)c2)CCC(N2CCn3c(nnc3C(F)(F)F)C2=O)CC1. The van der Waals surface area contributed by atoms with Crippen molar-refractivity contribution in [1.29, 1.82) is 0 Å². The van der Waals surface area contributed by atoms with Crippen LogP contribution in [0.2, 0.25) is 5.02 Å². The Balaban J connectivity index is 0.00000171. The molecule has 2 aliphatic rings. The van der Waals surface area contributed by atoms with Crippen LogP contribution < -0.4 is 5.73 Å². The number of rotatable bonds is 3. The number of hydrogen-bond acceptors (Lipinski definition) is 4. The molecule has 2 aromatic rings. The maximum Gasteiger partial charge on any atom is 0.451 e. The molecular weight excluding hydrogens is 478 g/mol. The molecule has 1 aromatic heterocycles. The third kappa shape index (κ3) is 4.65. The monoisotopic (exact) mass is 499 g/mol. The molecule has 31 heavy (non-hydrogen) atoms. The van der Waals surface area contributed by atoms with E-state index in [1.54, 1.807) is 4.90 Å². The minimum Gasteiger partial charge on any atom is -0.331 e. The Bertz CT molecular complexity index is 929. The van der Waals surface area contributed by atoms with Gasteiger partial charge in [-0.25, -0.2) is 0 Å². The molecule has 0 atom stereocenters. The molecule has 1 aliphatic carbocycles. The van der Waals surface area contributed by atoms with E-state index in [4.69, 9.17) is 17.3 Å². The molecule has 2 N–H and O–H groups in total. The summed E-state index contributed by atoms with van der Waals surface area (Å²) in [6, 6.07) is 7.62. The number of benzene rings is 1. The van der Waals surface area contributed by atoms with Gasteiger partial charge in [-0.05, 0) is 43.4 Å². The molecule has 6 nitrogen and oxygen atoms in total. The van der Waals surface area contributed by atoms with Crippen LogP contribution in [0.5, 0.6) is 0 Å². The van der Waals surface area contributed by atoms with Crippen LogP contribution in [0.25, 0.3) is 0 Å². The van der Waals surface area contributed by atoms with Gasteiger partial charge < -0.3 is 10.6 Å². The fourth-order valence-corrected chi connectivity index (χ4v) is 4.75. The summed E-state index contributed by atoms with van der Waals surface area (Å²) in [7, 11) is 0. The van der Waals surface area contributed by atoms with Gasteiger partial charge in [-0.1, -0.05) is 23.7 Å². The number of hydrogen-bond donors (Lipinski definition) is 1. The predicted octanol–water partition coefficient (Wildman–Crippen LogP) is 4.09. The lowest BCUT2D eigenvalue weighted by Gasteiger charge is -2.44. The zero-order chi connectivity index (χ0) is 20.8. The zero-order valence-corrected chi connectivity index (χ0v) is 18.8. The van der Waals surface area contributed by atoms with E-state index in [2.05, 4.69) is 10.2 Å². The molecule has 0 radical (unpaired) electrons. The van der Waals surface area contributed by atoms with Gasteiger partial charge in [0, 0.05) is 36.1 Å². The van der Waals surface area contributed by atoms with Gasteiger partial charge in [0.05, 0.1) is 0 Å². The number of nitrogens with two attached hydrogens (primary N) is 1. The fourth-order valence-electron chi connectivity index (χ4n) is 4.56. The summed E-state index contributed by atoms with van der Waals surface area (Å²) in [4.78, 5) is 14.4. The summed E-state index contributed by atoms with van der Waals surface area (Å²) in [5, 5.41) is 7.37. The molecule has 12 heteroatoms. The standard InChI is InChI=1S/C19H21ClF3N5O.2ClH/c20-13-3-1-2-12(10-13)18(11-24)6-4-14(5-7-18)27-8-9-28-15(16(27)29)25-26-17(28)19(21,22)23;;/h1-3,10,14H,4-9,11,24H2;2*1H. The van der Waals surface area contributed by atoms with Crippen LogP contribution in [0.1, 0.15) is 47.7 Å². The Hall–Kier alpha value is -1.55. The van der Waals surface area contributed by atoms with Crippen LogP contribution in [-0.2, 0) is 18.1 Å². The van der Waals surface area contributed by atoms with Gasteiger partial charge in [0.1, 0.15) is 0 Å². The molecule has 172 valence electrons. The highest BCUT2D eigenvalue weighted by Crippen LogP contribution is 2.41. The van der Waals surface area contributed by atoms with Crippen molar-refractivity contribution in [3.8, 4) is 0 Å². The molecule has 0 bridgehead atoms. The normalized spacial score (nSPS) is 23.6. The summed E-state index contributed by atoms with van der Waals surface area (Å²) in [5.41, 5.74) is 7.01. The number of halogens is 6. The smallest absolute Gasteiger partial charge is 0.331 e. The first-order valence-corrected chi connectivity index (χ1v) is 9.90. The Morgan fingerprint density at radius 2 is 1.84 bits per heavy atom. The van der Waals surface area contributed by atoms with Crippen molar-refractivity contribution in [3.63, 3.8) is 0 Å². The number of nitrogens with zero attached hydrogens (tertiary/aromatic N) is 4. The Kier molecular flexibility index (Phi) is 7.90. The van der Waals surface area contributed by atoms with Gasteiger partial charge in [0.2, 0.25) is 11.6 Å². The van der Waals surface area contributed by atoms with Crippen molar-refractivity contribution in [2.24, 2.45) is 5.73 Å². The van der Waals surface area contributed by atoms with Crippen LogP contribution in [0.15, 0.2) is 24.3 Å². The third-order valence-corrected chi connectivity index (χ3v) is 6.44. The lowest BCUT2D eigenvalue weighted by molar-refractivity contribution is -0.147. The zero-order valence-electron chi connectivity index (χ0n) is 16.4. The molecule has 1 saturated carbocycles. The Labute approximate surface area is 195 Å². The summed E-state index contributed by atoms with van der Waals surface area (Å²) in [5.74, 6) is -1.85. The summed E-state index contributed by atoms with van der Waals surface area (Å²) >= 11 is 6.15. The van der Waals surface area contributed by atoms with Crippen LogP contribution in [0.3, 0.4) is 0 Å². The van der Waals surface area contributed by atoms with E-state index in [1.165, 1.54) is 0 Å². The molecule has 1 aromatic carbocycles. The first-order chi connectivity index (χ1) is 13.7. The average molecular weight is 501 g/mol. The molecule has 4 rings (SSSR count). The van der Waals surface area contributed by atoms with Crippen molar-refractivity contribution >= 4 is 42.3 Å². The average Bonchev–Trinajstić information content (AvgIpc) is 3.14. The van der Waals surface area contributed by atoms with E-state index in [-0.39, 0.29) is 55.2 Å². The van der Waals surface area contributed by atoms with Crippen molar-refractivity contribution in [2.45, 2.75) is 49.9 Å². The molecule has 0 saturated heterocycles. The van der Waals surface area contributed by atoms with E-state index in [1.807, 2.05) is 24.3 Å². The lowest BCUT2D eigenvalue weighted by atomic mass is 9.68. The van der Waals surface area contributed by atoms with E-state index >= 15 is 0 Å². The molecule has 1 aliphatic heterocycles. The van der Waals surface area contributed by atoms with Crippen LogP contribution in [-0.4, -0.2) is 44.7 Å². The summed E-state index contributed by atoms with van der Waals surface area (Å²) in [6.45, 7) is 0.720. The van der Waals surface area contributed by atoms with Gasteiger partial charge >= 0.3 is 6.18 Å². The number of carbonyl (C=O) groups is 1. The molecule has 0 unspecified atom stereocenters. The first kappa shape index (κ1) is 25.7. The fraction of sp³-hybridized carbons (Fsp3) is 0.526. The van der Waals surface area contributed by atoms with Crippen molar-refractivity contribution in [3.05, 3.63) is 46.5 Å². The highest BCUT2D eigenvalue weighted by molar-refractivity contribution is 6.30. The van der Waals surface area contributed by atoms with E-state index < -0.39 is 17.9 Å². The number of alkyl halides is 3.